The van der Waals surface area contributed by atoms with E-state index >= 15 is 0 Å². The second kappa shape index (κ2) is 16.4. The summed E-state index contributed by atoms with van der Waals surface area (Å²) in [6.45, 7) is 1.12. The van der Waals surface area contributed by atoms with Gasteiger partial charge in [-0.05, 0) is 6.42 Å². The Labute approximate surface area is 233 Å². The number of anilines is 1. The Morgan fingerprint density at radius 1 is 1.00 bits per heavy atom. The molecule has 1 fully saturated rings. The van der Waals surface area contributed by atoms with E-state index in [-0.39, 0.29) is 18.3 Å². The van der Waals surface area contributed by atoms with Crippen molar-refractivity contribution in [3.63, 3.8) is 0 Å². The molecular weight excluding hydrogens is 522 g/mol. The van der Waals surface area contributed by atoms with E-state index in [0.717, 1.165) is 25.7 Å². The van der Waals surface area contributed by atoms with Gasteiger partial charge in [0.25, 0.3) is 0 Å². The van der Waals surface area contributed by atoms with Crippen LogP contribution >= 0.6 is 0 Å². The third-order valence-electron chi connectivity index (χ3n) is 7.04. The minimum absolute atomic E-state index is 0.230. The molecule has 8 N–H and O–H groups in total. The van der Waals surface area contributed by atoms with Crippen LogP contribution in [0, 0.1) is 0 Å². The summed E-state index contributed by atoms with van der Waals surface area (Å²) >= 11 is 0. The molecule has 0 radical (unpaired) electrons. The van der Waals surface area contributed by atoms with E-state index < -0.39 is 49.2 Å². The number of aromatic nitrogens is 4. The molecule has 0 aromatic carbocycles. The zero-order chi connectivity index (χ0) is 28.9. The molecule has 2 aromatic heterocycles. The van der Waals surface area contributed by atoms with Crippen molar-refractivity contribution in [1.29, 1.82) is 0 Å². The largest absolute Gasteiger partial charge is 0.394 e. The molecule has 1 saturated heterocycles. The van der Waals surface area contributed by atoms with Gasteiger partial charge in [0.2, 0.25) is 11.8 Å². The number of nitrogens with one attached hydrogen (secondary N) is 4. The van der Waals surface area contributed by atoms with E-state index in [4.69, 9.17) is 4.74 Å². The van der Waals surface area contributed by atoms with Crippen molar-refractivity contribution in [2.75, 3.05) is 18.5 Å². The molecule has 14 heteroatoms. The Bertz CT molecular complexity index is 1060. The predicted molar refractivity (Wildman–Crippen MR) is 146 cm³/mol. The van der Waals surface area contributed by atoms with Gasteiger partial charge in [0.15, 0.2) is 17.7 Å². The second-order valence-electron chi connectivity index (χ2n) is 10.2. The summed E-state index contributed by atoms with van der Waals surface area (Å²) < 4.78 is 5.77. The zero-order valence-electron chi connectivity index (χ0n) is 23.0. The molecule has 6 atom stereocenters. The van der Waals surface area contributed by atoms with Crippen LogP contribution in [-0.4, -0.2) is 102 Å². The maximum atomic E-state index is 12.6. The van der Waals surface area contributed by atoms with Crippen LogP contribution < -0.4 is 16.0 Å². The fraction of sp³-hybridized carbons (Fsp3) is 0.731. The first-order chi connectivity index (χ1) is 19.3. The van der Waals surface area contributed by atoms with Crippen LogP contribution in [0.25, 0.3) is 11.2 Å². The van der Waals surface area contributed by atoms with Crippen molar-refractivity contribution in [2.45, 2.75) is 108 Å². The summed E-state index contributed by atoms with van der Waals surface area (Å²) in [5.41, 5.74) is 0.793. The molecule has 3 heterocycles. The molecule has 0 bridgehead atoms. The summed E-state index contributed by atoms with van der Waals surface area (Å²) in [7, 11) is 0. The zero-order valence-corrected chi connectivity index (χ0v) is 23.0. The van der Waals surface area contributed by atoms with E-state index in [1.807, 2.05) is 0 Å². The molecule has 1 unspecified atom stereocenters. The molecule has 2 amide bonds. The van der Waals surface area contributed by atoms with E-state index in [1.165, 1.54) is 44.8 Å². The van der Waals surface area contributed by atoms with E-state index in [2.05, 4.69) is 42.8 Å². The summed E-state index contributed by atoms with van der Waals surface area (Å²) in [5.74, 6) is -0.672. The molecule has 0 saturated carbocycles. The molecule has 0 spiro atoms. The molecule has 40 heavy (non-hydrogen) atoms. The van der Waals surface area contributed by atoms with Gasteiger partial charge in [-0.2, -0.15) is 0 Å². The first-order valence-electron chi connectivity index (χ1n) is 14.1. The maximum absolute atomic E-state index is 12.6. The molecule has 3 rings (SSSR count). The minimum Gasteiger partial charge on any atom is -0.394 e. The van der Waals surface area contributed by atoms with Gasteiger partial charge in [-0.25, -0.2) is 15.0 Å². The van der Waals surface area contributed by atoms with Crippen molar-refractivity contribution in [2.24, 2.45) is 0 Å². The third-order valence-corrected chi connectivity index (χ3v) is 7.04. The monoisotopic (exact) mass is 565 g/mol. The average Bonchev–Trinajstić information content (AvgIpc) is 3.44. The lowest BCUT2D eigenvalue weighted by Gasteiger charge is -2.44. The van der Waals surface area contributed by atoms with Gasteiger partial charge in [-0.1, -0.05) is 58.3 Å². The van der Waals surface area contributed by atoms with Crippen LogP contribution in [-0.2, 0) is 14.3 Å². The van der Waals surface area contributed by atoms with Gasteiger partial charge >= 0.3 is 0 Å². The number of hydrogen-bond acceptors (Lipinski definition) is 11. The van der Waals surface area contributed by atoms with E-state index in [1.54, 1.807) is 0 Å². The number of aliphatic hydroxyl groups is 4. The number of unbranched alkanes of at least 4 members (excludes halogenated alkanes) is 8. The number of carbonyl (C=O) groups is 2. The second-order valence-corrected chi connectivity index (χ2v) is 10.2. The van der Waals surface area contributed by atoms with Crippen molar-refractivity contribution >= 4 is 28.8 Å². The number of imidazole rings is 1. The smallest absolute Gasteiger partial charge is 0.239 e. The molecule has 14 nitrogen and oxygen atoms in total. The van der Waals surface area contributed by atoms with Gasteiger partial charge < -0.3 is 46.1 Å². The summed E-state index contributed by atoms with van der Waals surface area (Å²) in [4.78, 5) is 39.7. The molecule has 2 aromatic rings. The molecule has 1 aliphatic heterocycles. The van der Waals surface area contributed by atoms with Crippen LogP contribution in [0.3, 0.4) is 0 Å². The summed E-state index contributed by atoms with van der Waals surface area (Å²) in [5, 5.41) is 49.4. The Hall–Kier alpha value is -2.91. The Morgan fingerprint density at radius 2 is 1.70 bits per heavy atom. The quantitative estimate of drug-likeness (QED) is 0.120. The lowest BCUT2D eigenvalue weighted by Crippen LogP contribution is -2.68. The Balaban J connectivity index is 1.46. The molecule has 224 valence electrons. The summed E-state index contributed by atoms with van der Waals surface area (Å²) in [6, 6.07) is -1.27. The first-order valence-corrected chi connectivity index (χ1v) is 14.1. The third kappa shape index (κ3) is 9.06. The molecular formula is C26H43N7O7. The average molecular weight is 566 g/mol. The molecule has 1 aliphatic rings. The number of aromatic amines is 1. The minimum atomic E-state index is -1.59. The van der Waals surface area contributed by atoms with E-state index in [9.17, 15) is 30.0 Å². The highest BCUT2D eigenvalue weighted by atomic mass is 16.5. The number of aliphatic hydroxyl groups excluding tert-OH is 4. The number of fused-ring (bicyclic) bond motifs is 1. The lowest BCUT2D eigenvalue weighted by atomic mass is 9.92. The van der Waals surface area contributed by atoms with Gasteiger partial charge in [-0.15, -0.1) is 0 Å². The fourth-order valence-electron chi connectivity index (χ4n) is 4.75. The number of hydrogen-bond donors (Lipinski definition) is 8. The summed E-state index contributed by atoms with van der Waals surface area (Å²) in [6.07, 6.45) is 5.99. The highest BCUT2D eigenvalue weighted by Gasteiger charge is 2.48. The lowest BCUT2D eigenvalue weighted by molar-refractivity contribution is -0.204. The van der Waals surface area contributed by atoms with Crippen molar-refractivity contribution in [3.05, 3.63) is 12.7 Å². The van der Waals surface area contributed by atoms with Crippen LogP contribution in [0.2, 0.25) is 0 Å². The normalized spacial score (nSPS) is 23.6. The van der Waals surface area contributed by atoms with Crippen molar-refractivity contribution in [3.8, 4) is 0 Å². The SMILES string of the molecule is CCCCCCCCCCCC(=O)NCC(=O)N[C@H]1C([C@@H](O)CO)O[C@H](Nc2ncnc3nc[nH]c23)[C@H](O)[C@@H]1O. The fourth-order valence-corrected chi connectivity index (χ4v) is 4.75. The number of carbonyl (C=O) groups excluding carboxylic acids is 2. The standard InChI is InChI=1S/C26H43N7O7/c1-2-3-4-5-6-7-8-9-10-11-17(36)27-12-18(37)32-19-21(38)22(39)26(40-23(19)16(35)13-34)33-25-20-24(29-14-28-20)30-15-31-25/h14-16,19,21-23,26,34-35,38-39H,2-13H2,1H3,(H,27,36)(H,32,37)(H2,28,29,30,31,33)/t16-,19+,21+,22+,23?,26-/m0/s1. The van der Waals surface area contributed by atoms with Crippen LogP contribution in [0.1, 0.15) is 71.1 Å². The van der Waals surface area contributed by atoms with E-state index in [0.29, 0.717) is 17.6 Å². The first kappa shape index (κ1) is 31.6. The van der Waals surface area contributed by atoms with Gasteiger partial charge in [-0.3, -0.25) is 9.59 Å². The van der Waals surface area contributed by atoms with Crippen molar-refractivity contribution < 1.29 is 34.8 Å². The predicted octanol–water partition coefficient (Wildman–Crippen LogP) is 0.0866. The highest BCUT2D eigenvalue weighted by molar-refractivity contribution is 5.85. The van der Waals surface area contributed by atoms with Crippen molar-refractivity contribution in [1.82, 2.24) is 30.6 Å². The van der Waals surface area contributed by atoms with Crippen LogP contribution in [0.15, 0.2) is 12.7 Å². The van der Waals surface area contributed by atoms with Gasteiger partial charge in [0.05, 0.1) is 25.5 Å². The number of ether oxygens (including phenoxy) is 1. The van der Waals surface area contributed by atoms with Crippen LogP contribution in [0.5, 0.6) is 0 Å². The Kier molecular flexibility index (Phi) is 12.9. The topological polar surface area (TPSA) is 215 Å². The number of H-pyrrole nitrogens is 1. The highest BCUT2D eigenvalue weighted by Crippen LogP contribution is 2.26. The maximum Gasteiger partial charge on any atom is 0.239 e. The van der Waals surface area contributed by atoms with Gasteiger partial charge in [0, 0.05) is 6.42 Å². The van der Waals surface area contributed by atoms with Gasteiger partial charge in [0.1, 0.15) is 36.3 Å². The number of nitrogens with zero attached hydrogens (tertiary/aromatic N) is 3. The molecule has 0 aliphatic carbocycles. The Morgan fingerprint density at radius 3 is 2.40 bits per heavy atom. The van der Waals surface area contributed by atoms with Crippen LogP contribution in [0.4, 0.5) is 5.82 Å². The number of amides is 2. The number of rotatable bonds is 17.